The van der Waals surface area contributed by atoms with Gasteiger partial charge in [-0.05, 0) is 17.2 Å². The molecule has 0 radical (unpaired) electrons. The van der Waals surface area contributed by atoms with Crippen LogP contribution < -0.4 is 0 Å². The van der Waals surface area contributed by atoms with Gasteiger partial charge in [0.05, 0.1) is 6.42 Å². The summed E-state index contributed by atoms with van der Waals surface area (Å²) in [5, 5.41) is 8.66. The van der Waals surface area contributed by atoms with Gasteiger partial charge in [-0.1, -0.05) is 30.3 Å². The molecule has 0 spiro atoms. The minimum atomic E-state index is -0.794. The number of rotatable bonds is 4. The molecule has 16 heavy (non-hydrogen) atoms. The van der Waals surface area contributed by atoms with Crippen molar-refractivity contribution in [3.8, 4) is 0 Å². The Morgan fingerprint density at radius 1 is 1.12 bits per heavy atom. The number of hydrogen-bond acceptors (Lipinski definition) is 1. The average molecular weight is 215 g/mol. The molecule has 82 valence electrons. The second kappa shape index (κ2) is 4.66. The lowest BCUT2D eigenvalue weighted by Gasteiger charge is -2.02. The number of aromatic nitrogens is 1. The summed E-state index contributed by atoms with van der Waals surface area (Å²) < 4.78 is 1.99. The molecule has 0 aliphatic heterocycles. The summed E-state index contributed by atoms with van der Waals surface area (Å²) in [4.78, 5) is 10.5. The van der Waals surface area contributed by atoms with Crippen molar-refractivity contribution in [2.75, 3.05) is 0 Å². The number of carbonyl (C=O) groups is 1. The molecular formula is C13H13NO2. The van der Waals surface area contributed by atoms with Crippen LogP contribution in [0.25, 0.3) is 0 Å². The molecule has 0 unspecified atom stereocenters. The summed E-state index contributed by atoms with van der Waals surface area (Å²) in [5.41, 5.74) is 2.04. The van der Waals surface area contributed by atoms with E-state index in [4.69, 9.17) is 5.11 Å². The maximum atomic E-state index is 10.5. The molecule has 0 amide bonds. The van der Waals surface area contributed by atoms with Crippen LogP contribution in [0.2, 0.25) is 0 Å². The molecule has 0 fully saturated rings. The molecule has 2 aromatic rings. The molecule has 0 aliphatic carbocycles. The SMILES string of the molecule is O=C(O)Cc1ccn(Cc2ccccc2)c1. The highest BCUT2D eigenvalue weighted by Crippen LogP contribution is 2.06. The van der Waals surface area contributed by atoms with E-state index in [0.717, 1.165) is 12.1 Å². The van der Waals surface area contributed by atoms with Gasteiger partial charge >= 0.3 is 5.97 Å². The van der Waals surface area contributed by atoms with Gasteiger partial charge in [0.15, 0.2) is 0 Å². The van der Waals surface area contributed by atoms with E-state index in [1.807, 2.05) is 41.2 Å². The van der Waals surface area contributed by atoms with Crippen LogP contribution in [0.1, 0.15) is 11.1 Å². The van der Waals surface area contributed by atoms with Gasteiger partial charge in [0, 0.05) is 18.9 Å². The third kappa shape index (κ3) is 2.73. The molecule has 1 aromatic heterocycles. The van der Waals surface area contributed by atoms with Crippen LogP contribution in [0.15, 0.2) is 48.8 Å². The van der Waals surface area contributed by atoms with E-state index < -0.39 is 5.97 Å². The van der Waals surface area contributed by atoms with Crippen LogP contribution in [0, 0.1) is 0 Å². The molecular weight excluding hydrogens is 202 g/mol. The van der Waals surface area contributed by atoms with Gasteiger partial charge in [-0.2, -0.15) is 0 Å². The predicted octanol–water partition coefficient (Wildman–Crippen LogP) is 2.16. The maximum absolute atomic E-state index is 10.5. The molecule has 2 rings (SSSR count). The van der Waals surface area contributed by atoms with Crippen LogP contribution in [-0.2, 0) is 17.8 Å². The highest BCUT2D eigenvalue weighted by atomic mass is 16.4. The number of carboxylic acid groups (broad SMARTS) is 1. The van der Waals surface area contributed by atoms with Crippen LogP contribution in [0.3, 0.4) is 0 Å². The summed E-state index contributed by atoms with van der Waals surface area (Å²) in [7, 11) is 0. The third-order valence-electron chi connectivity index (χ3n) is 2.38. The van der Waals surface area contributed by atoms with Gasteiger partial charge in [0.25, 0.3) is 0 Å². The second-order valence-electron chi connectivity index (χ2n) is 3.75. The first-order valence-corrected chi connectivity index (χ1v) is 5.14. The van der Waals surface area contributed by atoms with E-state index in [9.17, 15) is 4.79 Å². The summed E-state index contributed by atoms with van der Waals surface area (Å²) in [6.45, 7) is 0.778. The van der Waals surface area contributed by atoms with Crippen molar-refractivity contribution in [3.05, 3.63) is 59.9 Å². The van der Waals surface area contributed by atoms with E-state index in [0.29, 0.717) is 0 Å². The predicted molar refractivity (Wildman–Crippen MR) is 61.3 cm³/mol. The Labute approximate surface area is 94.0 Å². The van der Waals surface area contributed by atoms with Crippen LogP contribution in [0.5, 0.6) is 0 Å². The number of carboxylic acids is 1. The summed E-state index contributed by atoms with van der Waals surface area (Å²) in [6.07, 6.45) is 3.87. The molecule has 0 saturated carbocycles. The van der Waals surface area contributed by atoms with E-state index in [2.05, 4.69) is 12.1 Å². The van der Waals surface area contributed by atoms with Crippen molar-refractivity contribution in [1.82, 2.24) is 4.57 Å². The number of aliphatic carboxylic acids is 1. The van der Waals surface area contributed by atoms with Crippen LogP contribution >= 0.6 is 0 Å². The Morgan fingerprint density at radius 3 is 2.56 bits per heavy atom. The number of nitrogens with zero attached hydrogens (tertiary/aromatic N) is 1. The smallest absolute Gasteiger partial charge is 0.307 e. The van der Waals surface area contributed by atoms with Crippen molar-refractivity contribution in [1.29, 1.82) is 0 Å². The van der Waals surface area contributed by atoms with Gasteiger partial charge in [-0.3, -0.25) is 4.79 Å². The lowest BCUT2D eigenvalue weighted by Crippen LogP contribution is -1.99. The zero-order chi connectivity index (χ0) is 11.4. The minimum absolute atomic E-state index is 0.0851. The Kier molecular flexibility index (Phi) is 3.05. The Balaban J connectivity index is 2.06. The van der Waals surface area contributed by atoms with E-state index in [1.165, 1.54) is 5.56 Å². The van der Waals surface area contributed by atoms with Crippen LogP contribution in [-0.4, -0.2) is 15.6 Å². The molecule has 1 N–H and O–H groups in total. The zero-order valence-corrected chi connectivity index (χ0v) is 8.84. The van der Waals surface area contributed by atoms with Crippen molar-refractivity contribution in [3.63, 3.8) is 0 Å². The lowest BCUT2D eigenvalue weighted by atomic mass is 10.2. The molecule has 3 nitrogen and oxygen atoms in total. The highest BCUT2D eigenvalue weighted by molar-refractivity contribution is 5.70. The van der Waals surface area contributed by atoms with Crippen molar-refractivity contribution in [2.24, 2.45) is 0 Å². The standard InChI is InChI=1S/C13H13NO2/c15-13(16)8-12-6-7-14(10-12)9-11-4-2-1-3-5-11/h1-7,10H,8-9H2,(H,15,16). The summed E-state index contributed by atoms with van der Waals surface area (Å²) in [5.74, 6) is -0.794. The average Bonchev–Trinajstić information content (AvgIpc) is 2.66. The van der Waals surface area contributed by atoms with E-state index in [1.54, 1.807) is 0 Å². The molecule has 0 bridgehead atoms. The van der Waals surface area contributed by atoms with Gasteiger partial charge in [-0.15, -0.1) is 0 Å². The topological polar surface area (TPSA) is 42.2 Å². The summed E-state index contributed by atoms with van der Waals surface area (Å²) in [6, 6.07) is 11.9. The fourth-order valence-corrected chi connectivity index (χ4v) is 1.66. The van der Waals surface area contributed by atoms with Crippen molar-refractivity contribution < 1.29 is 9.90 Å². The Morgan fingerprint density at radius 2 is 1.88 bits per heavy atom. The number of benzene rings is 1. The fourth-order valence-electron chi connectivity index (χ4n) is 1.66. The van der Waals surface area contributed by atoms with Crippen molar-refractivity contribution >= 4 is 5.97 Å². The molecule has 1 heterocycles. The first kappa shape index (κ1) is 10.5. The fraction of sp³-hybridized carbons (Fsp3) is 0.154. The lowest BCUT2D eigenvalue weighted by molar-refractivity contribution is -0.136. The first-order valence-electron chi connectivity index (χ1n) is 5.14. The Bertz CT molecular complexity index is 474. The van der Waals surface area contributed by atoms with Gasteiger partial charge in [0.2, 0.25) is 0 Å². The number of hydrogen-bond donors (Lipinski definition) is 1. The van der Waals surface area contributed by atoms with Gasteiger partial charge in [-0.25, -0.2) is 0 Å². The minimum Gasteiger partial charge on any atom is -0.481 e. The van der Waals surface area contributed by atoms with E-state index >= 15 is 0 Å². The molecule has 3 heteroatoms. The second-order valence-corrected chi connectivity index (χ2v) is 3.75. The molecule has 0 atom stereocenters. The Hall–Kier alpha value is -2.03. The third-order valence-corrected chi connectivity index (χ3v) is 2.38. The monoisotopic (exact) mass is 215 g/mol. The van der Waals surface area contributed by atoms with Crippen molar-refractivity contribution in [2.45, 2.75) is 13.0 Å². The van der Waals surface area contributed by atoms with Gasteiger partial charge in [0.1, 0.15) is 0 Å². The maximum Gasteiger partial charge on any atom is 0.307 e. The molecule has 0 saturated heterocycles. The quantitative estimate of drug-likeness (QED) is 0.849. The zero-order valence-electron chi connectivity index (χ0n) is 8.84. The normalized spacial score (nSPS) is 10.2. The molecule has 1 aromatic carbocycles. The van der Waals surface area contributed by atoms with Gasteiger partial charge < -0.3 is 9.67 Å². The van der Waals surface area contributed by atoms with Crippen LogP contribution in [0.4, 0.5) is 0 Å². The highest BCUT2D eigenvalue weighted by Gasteiger charge is 2.02. The molecule has 0 aliphatic rings. The van der Waals surface area contributed by atoms with E-state index in [-0.39, 0.29) is 6.42 Å². The summed E-state index contributed by atoms with van der Waals surface area (Å²) >= 11 is 0. The first-order chi connectivity index (χ1) is 7.74. The largest absolute Gasteiger partial charge is 0.481 e.